The van der Waals surface area contributed by atoms with E-state index in [9.17, 15) is 26.3 Å². The molecule has 0 unspecified atom stereocenters. The molecule has 0 atom stereocenters. The fourth-order valence-corrected chi connectivity index (χ4v) is 3.04. The second kappa shape index (κ2) is 8.60. The molecule has 0 heterocycles. The number of halogens is 7. The number of benzene rings is 3. The summed E-state index contributed by atoms with van der Waals surface area (Å²) in [5.74, 6) is -6.93. The van der Waals surface area contributed by atoms with E-state index in [-0.39, 0.29) is 5.56 Å². The molecule has 0 saturated carbocycles. The Bertz CT molecular complexity index is 1040. The van der Waals surface area contributed by atoms with Crippen molar-refractivity contribution in [2.75, 3.05) is 0 Å². The van der Waals surface area contributed by atoms with Gasteiger partial charge in [-0.15, -0.1) is 0 Å². The molecule has 0 aliphatic rings. The first-order valence-electron chi connectivity index (χ1n) is 8.93. The van der Waals surface area contributed by atoms with Crippen LogP contribution < -0.4 is 4.74 Å². The molecule has 0 N–H and O–H groups in total. The van der Waals surface area contributed by atoms with E-state index in [0.29, 0.717) is 23.8 Å². The number of ether oxygens (including phenoxy) is 1. The summed E-state index contributed by atoms with van der Waals surface area (Å²) in [6.07, 6.45) is -2.68. The zero-order chi connectivity index (χ0) is 22.1. The van der Waals surface area contributed by atoms with Crippen LogP contribution in [0.1, 0.15) is 24.5 Å². The number of hydrogen-bond donors (Lipinski definition) is 0. The van der Waals surface area contributed by atoms with Crippen molar-refractivity contribution in [1.82, 2.24) is 0 Å². The summed E-state index contributed by atoms with van der Waals surface area (Å²) in [5, 5.41) is -0.905. The summed E-state index contributed by atoms with van der Waals surface area (Å²) < 4.78 is 89.0. The van der Waals surface area contributed by atoms with Gasteiger partial charge in [0.05, 0.1) is 0 Å². The average Bonchev–Trinajstić information content (AvgIpc) is 2.68. The Morgan fingerprint density at radius 2 is 1.47 bits per heavy atom. The third kappa shape index (κ3) is 4.41. The van der Waals surface area contributed by atoms with Crippen LogP contribution in [0, 0.1) is 23.3 Å². The molecule has 3 rings (SSSR count). The molecule has 0 radical (unpaired) electrons. The number of rotatable bonds is 6. The Hall–Kier alpha value is -2.67. The van der Waals surface area contributed by atoms with E-state index in [2.05, 4.69) is 4.74 Å². The molecule has 0 aliphatic heterocycles. The maximum atomic E-state index is 14.5. The predicted octanol–water partition coefficient (Wildman–Crippen LogP) is 7.64. The summed E-state index contributed by atoms with van der Waals surface area (Å²) in [6.45, 7) is 2.00. The van der Waals surface area contributed by atoms with Gasteiger partial charge in [-0.25, -0.2) is 17.6 Å². The summed E-state index contributed by atoms with van der Waals surface area (Å²) in [4.78, 5) is 0. The SMILES string of the molecule is CCCc1ccc(-c2ccc(C(F)(F)Oc3cc(F)c(Cl)c(F)c3)c(F)c2F)cc1. The summed E-state index contributed by atoms with van der Waals surface area (Å²) in [6, 6.07) is 9.10. The van der Waals surface area contributed by atoms with E-state index < -0.39 is 45.7 Å². The maximum Gasteiger partial charge on any atom is 0.429 e. The lowest BCUT2D eigenvalue weighted by Gasteiger charge is -2.20. The number of aryl methyl sites for hydroxylation is 1. The zero-order valence-electron chi connectivity index (χ0n) is 15.6. The first-order valence-corrected chi connectivity index (χ1v) is 9.31. The Morgan fingerprint density at radius 3 is 2.03 bits per heavy atom. The lowest BCUT2D eigenvalue weighted by Crippen LogP contribution is -2.24. The molecular weight excluding hydrogens is 430 g/mol. The molecule has 8 heteroatoms. The summed E-state index contributed by atoms with van der Waals surface area (Å²) in [5.41, 5.74) is -0.314. The minimum Gasteiger partial charge on any atom is -0.429 e. The number of alkyl halides is 2. The van der Waals surface area contributed by atoms with Gasteiger partial charge in [-0.1, -0.05) is 55.3 Å². The largest absolute Gasteiger partial charge is 0.429 e. The fraction of sp³-hybridized carbons (Fsp3) is 0.182. The van der Waals surface area contributed by atoms with Crippen LogP contribution in [0.2, 0.25) is 5.02 Å². The topological polar surface area (TPSA) is 9.23 Å². The predicted molar refractivity (Wildman–Crippen MR) is 102 cm³/mol. The van der Waals surface area contributed by atoms with Crippen LogP contribution >= 0.6 is 11.6 Å². The van der Waals surface area contributed by atoms with Crippen molar-refractivity contribution in [3.05, 3.63) is 87.9 Å². The maximum absolute atomic E-state index is 14.5. The highest BCUT2D eigenvalue weighted by molar-refractivity contribution is 6.30. The van der Waals surface area contributed by atoms with Crippen molar-refractivity contribution >= 4 is 11.6 Å². The fourth-order valence-electron chi connectivity index (χ4n) is 2.93. The van der Waals surface area contributed by atoms with E-state index in [4.69, 9.17) is 11.6 Å². The molecule has 0 saturated heterocycles. The molecule has 3 aromatic carbocycles. The Balaban J connectivity index is 1.93. The molecule has 0 amide bonds. The van der Waals surface area contributed by atoms with Crippen LogP contribution in [0.3, 0.4) is 0 Å². The molecule has 30 heavy (non-hydrogen) atoms. The van der Waals surface area contributed by atoms with Crippen molar-refractivity contribution in [2.45, 2.75) is 25.9 Å². The van der Waals surface area contributed by atoms with E-state index in [1.54, 1.807) is 24.3 Å². The van der Waals surface area contributed by atoms with Crippen molar-refractivity contribution in [1.29, 1.82) is 0 Å². The molecule has 0 aliphatic carbocycles. The summed E-state index contributed by atoms with van der Waals surface area (Å²) >= 11 is 5.28. The molecule has 158 valence electrons. The van der Waals surface area contributed by atoms with Crippen LogP contribution in [0.5, 0.6) is 5.75 Å². The van der Waals surface area contributed by atoms with Gasteiger partial charge in [0.15, 0.2) is 11.6 Å². The third-order valence-electron chi connectivity index (χ3n) is 4.40. The lowest BCUT2D eigenvalue weighted by molar-refractivity contribution is -0.187. The highest BCUT2D eigenvalue weighted by atomic mass is 35.5. The van der Waals surface area contributed by atoms with E-state index in [1.807, 2.05) is 6.92 Å². The van der Waals surface area contributed by atoms with Crippen molar-refractivity contribution < 1.29 is 31.1 Å². The van der Waals surface area contributed by atoms with Crippen molar-refractivity contribution in [3.8, 4) is 16.9 Å². The molecule has 0 bridgehead atoms. The molecule has 0 fully saturated rings. The van der Waals surface area contributed by atoms with Crippen molar-refractivity contribution in [2.24, 2.45) is 0 Å². The average molecular weight is 445 g/mol. The van der Waals surface area contributed by atoms with Gasteiger partial charge in [-0.2, -0.15) is 8.78 Å². The Labute approximate surface area is 173 Å². The van der Waals surface area contributed by atoms with Gasteiger partial charge < -0.3 is 4.74 Å². The quantitative estimate of drug-likeness (QED) is 0.280. The zero-order valence-corrected chi connectivity index (χ0v) is 16.3. The van der Waals surface area contributed by atoms with Crippen LogP contribution in [0.25, 0.3) is 11.1 Å². The van der Waals surface area contributed by atoms with Crippen LogP contribution in [0.15, 0.2) is 48.5 Å². The lowest BCUT2D eigenvalue weighted by atomic mass is 10.00. The van der Waals surface area contributed by atoms with Gasteiger partial charge in [0.1, 0.15) is 28.0 Å². The standard InChI is InChI=1S/C22H15ClF6O/c1-2-3-12-4-6-13(7-5-12)15-8-9-16(21(27)20(15)26)22(28,29)30-14-10-17(24)19(23)18(25)11-14/h4-11H,2-3H2,1H3. The molecule has 3 aromatic rings. The van der Waals surface area contributed by atoms with Crippen LogP contribution in [-0.2, 0) is 12.5 Å². The highest BCUT2D eigenvalue weighted by Crippen LogP contribution is 2.37. The first-order chi connectivity index (χ1) is 14.1. The normalized spacial score (nSPS) is 11.6. The molecule has 1 nitrogen and oxygen atoms in total. The highest BCUT2D eigenvalue weighted by Gasteiger charge is 2.39. The van der Waals surface area contributed by atoms with Crippen molar-refractivity contribution in [3.63, 3.8) is 0 Å². The number of hydrogen-bond acceptors (Lipinski definition) is 1. The second-order valence-corrected chi connectivity index (χ2v) is 6.93. The Morgan fingerprint density at radius 1 is 0.867 bits per heavy atom. The molecule has 0 spiro atoms. The first kappa shape index (κ1) is 22.0. The van der Waals surface area contributed by atoms with Gasteiger partial charge in [0.2, 0.25) is 0 Å². The minimum atomic E-state index is -4.40. The van der Waals surface area contributed by atoms with E-state index in [0.717, 1.165) is 24.5 Å². The smallest absolute Gasteiger partial charge is 0.429 e. The van der Waals surface area contributed by atoms with Gasteiger partial charge in [-0.3, -0.25) is 0 Å². The van der Waals surface area contributed by atoms with Gasteiger partial charge in [-0.05, 0) is 23.6 Å². The third-order valence-corrected chi connectivity index (χ3v) is 4.76. The van der Waals surface area contributed by atoms with Gasteiger partial charge in [0.25, 0.3) is 0 Å². The van der Waals surface area contributed by atoms with Crippen LogP contribution in [0.4, 0.5) is 26.3 Å². The van der Waals surface area contributed by atoms with Gasteiger partial charge in [0, 0.05) is 17.7 Å². The monoisotopic (exact) mass is 444 g/mol. The second-order valence-electron chi connectivity index (χ2n) is 6.56. The molecular formula is C22H15ClF6O. The summed E-state index contributed by atoms with van der Waals surface area (Å²) in [7, 11) is 0. The van der Waals surface area contributed by atoms with Gasteiger partial charge >= 0.3 is 6.11 Å². The van der Waals surface area contributed by atoms with E-state index in [1.165, 1.54) is 0 Å². The van der Waals surface area contributed by atoms with Crippen LogP contribution in [-0.4, -0.2) is 0 Å². The molecule has 0 aromatic heterocycles. The minimum absolute atomic E-state index is 0.210. The Kier molecular flexibility index (Phi) is 6.31. The van der Waals surface area contributed by atoms with E-state index >= 15 is 0 Å².